The van der Waals surface area contributed by atoms with Crippen molar-refractivity contribution in [3.8, 4) is 0 Å². The molecule has 84 valence electrons. The van der Waals surface area contributed by atoms with Crippen molar-refractivity contribution in [2.75, 3.05) is 0 Å². The minimum atomic E-state index is 1.04. The lowest BCUT2D eigenvalue weighted by Crippen LogP contribution is -1.82. The van der Waals surface area contributed by atoms with E-state index < -0.39 is 0 Å². The lowest BCUT2D eigenvalue weighted by molar-refractivity contribution is 1.68. The van der Waals surface area contributed by atoms with Crippen molar-refractivity contribution in [3.05, 3.63) is 78.9 Å². The molecule has 0 nitrogen and oxygen atoms in total. The highest BCUT2D eigenvalue weighted by Crippen LogP contribution is 2.24. The van der Waals surface area contributed by atoms with Crippen LogP contribution in [0.5, 0.6) is 0 Å². The fourth-order valence-electron chi connectivity index (χ4n) is 1.88. The first-order chi connectivity index (χ1) is 8.33. The second-order valence-corrected chi connectivity index (χ2v) is 3.94. The number of benzene rings is 2. The van der Waals surface area contributed by atoms with E-state index in [0.717, 1.165) is 5.57 Å². The predicted octanol–water partition coefficient (Wildman–Crippen LogP) is 4.99. The Morgan fingerprint density at radius 2 is 1.76 bits per heavy atom. The molecule has 0 aliphatic heterocycles. The Bertz CT molecular complexity index is 581. The molecule has 0 spiro atoms. The highest BCUT2D eigenvalue weighted by atomic mass is 14.0. The molecule has 0 saturated carbocycles. The van der Waals surface area contributed by atoms with Gasteiger partial charge in [0.1, 0.15) is 0 Å². The van der Waals surface area contributed by atoms with E-state index in [2.05, 4.69) is 49.0 Å². The number of allylic oxidation sites excluding steroid dienone is 5. The van der Waals surface area contributed by atoms with Crippen molar-refractivity contribution in [2.24, 2.45) is 0 Å². The molecule has 0 amide bonds. The smallest absolute Gasteiger partial charge is 0.0106 e. The lowest BCUT2D eigenvalue weighted by Gasteiger charge is -2.05. The molecule has 2 aromatic rings. The van der Waals surface area contributed by atoms with E-state index in [0.29, 0.717) is 0 Å². The number of hydrogen-bond acceptors (Lipinski definition) is 0. The first kappa shape index (κ1) is 11.4. The van der Waals surface area contributed by atoms with Gasteiger partial charge in [-0.25, -0.2) is 0 Å². The van der Waals surface area contributed by atoms with Crippen molar-refractivity contribution in [1.82, 2.24) is 0 Å². The molecule has 0 saturated heterocycles. The van der Waals surface area contributed by atoms with Gasteiger partial charge in [0.05, 0.1) is 0 Å². The predicted molar refractivity (Wildman–Crippen MR) is 76.9 cm³/mol. The molecule has 0 atom stereocenters. The molecule has 0 fully saturated rings. The first-order valence-electron chi connectivity index (χ1n) is 5.79. The maximum absolute atomic E-state index is 4.13. The summed E-state index contributed by atoms with van der Waals surface area (Å²) in [5, 5.41) is 2.51. The van der Waals surface area contributed by atoms with E-state index >= 15 is 0 Å². The van der Waals surface area contributed by atoms with Gasteiger partial charge < -0.3 is 0 Å². The fraction of sp³-hybridized carbons (Fsp3) is 0.0588. The van der Waals surface area contributed by atoms with E-state index in [9.17, 15) is 0 Å². The molecule has 17 heavy (non-hydrogen) atoms. The Kier molecular flexibility index (Phi) is 3.56. The van der Waals surface area contributed by atoms with Gasteiger partial charge in [0.2, 0.25) is 0 Å². The Hall–Kier alpha value is -2.08. The van der Waals surface area contributed by atoms with E-state index in [4.69, 9.17) is 0 Å². The third-order valence-electron chi connectivity index (χ3n) is 2.74. The molecule has 0 aromatic heterocycles. The molecular formula is C17H16. The van der Waals surface area contributed by atoms with Crippen LogP contribution < -0.4 is 0 Å². The van der Waals surface area contributed by atoms with Crippen LogP contribution in [0.4, 0.5) is 0 Å². The van der Waals surface area contributed by atoms with Gasteiger partial charge in [0, 0.05) is 0 Å². The number of rotatable bonds is 3. The van der Waals surface area contributed by atoms with Crippen LogP contribution in [-0.4, -0.2) is 0 Å². The topological polar surface area (TPSA) is 0 Å². The molecule has 0 unspecified atom stereocenters. The Morgan fingerprint density at radius 1 is 1.00 bits per heavy atom. The molecule has 0 bridgehead atoms. The minimum Gasteiger partial charge on any atom is -0.0911 e. The summed E-state index contributed by atoms with van der Waals surface area (Å²) >= 11 is 0. The van der Waals surface area contributed by atoms with Crippen LogP contribution in [0, 0.1) is 0 Å². The molecule has 0 N–H and O–H groups in total. The molecule has 0 aliphatic carbocycles. The summed E-state index contributed by atoms with van der Waals surface area (Å²) in [4.78, 5) is 0. The molecule has 0 radical (unpaired) electrons. The van der Waals surface area contributed by atoms with Crippen LogP contribution in [0.25, 0.3) is 16.3 Å². The average molecular weight is 220 g/mol. The van der Waals surface area contributed by atoms with E-state index in [1.807, 2.05) is 31.2 Å². The molecular weight excluding hydrogens is 204 g/mol. The van der Waals surface area contributed by atoms with Gasteiger partial charge in [0.15, 0.2) is 0 Å². The maximum atomic E-state index is 4.13. The molecule has 0 heteroatoms. The first-order valence-corrected chi connectivity index (χ1v) is 5.79. The number of hydrogen-bond donors (Lipinski definition) is 0. The summed E-state index contributed by atoms with van der Waals surface area (Å²) in [6.07, 6.45) is 8.08. The van der Waals surface area contributed by atoms with Crippen molar-refractivity contribution >= 4 is 16.3 Å². The Labute approximate surface area is 103 Å². The maximum Gasteiger partial charge on any atom is -0.0106 e. The zero-order valence-corrected chi connectivity index (χ0v) is 10.1. The summed E-state index contributed by atoms with van der Waals surface area (Å²) < 4.78 is 0. The zero-order valence-electron chi connectivity index (χ0n) is 10.1. The van der Waals surface area contributed by atoms with Crippen LogP contribution in [0.3, 0.4) is 0 Å². The van der Waals surface area contributed by atoms with Gasteiger partial charge in [0.25, 0.3) is 0 Å². The fourth-order valence-corrected chi connectivity index (χ4v) is 1.88. The Morgan fingerprint density at radius 3 is 2.59 bits per heavy atom. The quantitative estimate of drug-likeness (QED) is 0.639. The summed E-state index contributed by atoms with van der Waals surface area (Å²) in [6, 6.07) is 14.7. The van der Waals surface area contributed by atoms with E-state index in [1.165, 1.54) is 16.3 Å². The number of fused-ring (bicyclic) bond motifs is 1. The third-order valence-corrected chi connectivity index (χ3v) is 2.74. The monoisotopic (exact) mass is 220 g/mol. The summed E-state index contributed by atoms with van der Waals surface area (Å²) in [7, 11) is 0. The largest absolute Gasteiger partial charge is 0.0911 e. The third kappa shape index (κ3) is 2.54. The normalized spacial score (nSPS) is 11.6. The molecule has 2 aromatic carbocycles. The van der Waals surface area contributed by atoms with Crippen molar-refractivity contribution in [2.45, 2.75) is 6.92 Å². The summed E-state index contributed by atoms with van der Waals surface area (Å²) in [5.74, 6) is 0. The SMILES string of the molecule is C=C(/C=C\C=C/C)c1cccc2ccccc12. The van der Waals surface area contributed by atoms with E-state index in [1.54, 1.807) is 0 Å². The van der Waals surface area contributed by atoms with E-state index in [-0.39, 0.29) is 0 Å². The van der Waals surface area contributed by atoms with Gasteiger partial charge in [-0.05, 0) is 28.8 Å². The lowest BCUT2D eigenvalue weighted by atomic mass is 9.99. The standard InChI is InChI=1S/C17H16/c1-3-4-5-9-14(2)16-13-8-11-15-10-6-7-12-17(15)16/h3-13H,2H2,1H3/b4-3-,9-5-. The Balaban J connectivity index is 2.45. The zero-order chi connectivity index (χ0) is 12.1. The van der Waals surface area contributed by atoms with Crippen molar-refractivity contribution < 1.29 is 0 Å². The van der Waals surface area contributed by atoms with Gasteiger partial charge >= 0.3 is 0 Å². The minimum absolute atomic E-state index is 1.04. The van der Waals surface area contributed by atoms with Crippen LogP contribution >= 0.6 is 0 Å². The second kappa shape index (κ2) is 5.31. The highest BCUT2D eigenvalue weighted by Gasteiger charge is 2.00. The summed E-state index contributed by atoms with van der Waals surface area (Å²) in [5.41, 5.74) is 2.24. The van der Waals surface area contributed by atoms with Crippen LogP contribution in [0.2, 0.25) is 0 Å². The molecule has 0 aliphatic rings. The van der Waals surface area contributed by atoms with Crippen LogP contribution in [0.1, 0.15) is 12.5 Å². The van der Waals surface area contributed by atoms with Crippen LogP contribution in [0.15, 0.2) is 73.3 Å². The van der Waals surface area contributed by atoms with Crippen molar-refractivity contribution in [3.63, 3.8) is 0 Å². The van der Waals surface area contributed by atoms with Gasteiger partial charge in [-0.2, -0.15) is 0 Å². The second-order valence-electron chi connectivity index (χ2n) is 3.94. The van der Waals surface area contributed by atoms with Gasteiger partial charge in [-0.1, -0.05) is 73.3 Å². The van der Waals surface area contributed by atoms with Crippen LogP contribution in [-0.2, 0) is 0 Å². The summed E-state index contributed by atoms with van der Waals surface area (Å²) in [6.45, 7) is 6.13. The molecule has 2 rings (SSSR count). The molecule has 0 heterocycles. The van der Waals surface area contributed by atoms with Gasteiger partial charge in [-0.15, -0.1) is 0 Å². The van der Waals surface area contributed by atoms with Crippen molar-refractivity contribution in [1.29, 1.82) is 0 Å². The highest BCUT2D eigenvalue weighted by molar-refractivity contribution is 5.95. The average Bonchev–Trinajstić information content (AvgIpc) is 2.38. The van der Waals surface area contributed by atoms with Gasteiger partial charge in [-0.3, -0.25) is 0 Å².